The van der Waals surface area contributed by atoms with Gasteiger partial charge in [-0.3, -0.25) is 19.8 Å². The van der Waals surface area contributed by atoms with Crippen LogP contribution in [0.3, 0.4) is 0 Å². The van der Waals surface area contributed by atoms with Crippen molar-refractivity contribution in [2.24, 2.45) is 0 Å². The molecule has 1 fully saturated rings. The molecule has 1 aromatic carbocycles. The van der Waals surface area contributed by atoms with E-state index in [2.05, 4.69) is 17.2 Å². The Labute approximate surface area is 187 Å². The van der Waals surface area contributed by atoms with Crippen LogP contribution in [0, 0.1) is 0 Å². The Hall–Kier alpha value is -2.82. The van der Waals surface area contributed by atoms with Crippen LogP contribution in [-0.2, 0) is 19.4 Å². The Morgan fingerprint density at radius 3 is 2.38 bits per heavy atom. The zero-order valence-corrected chi connectivity index (χ0v) is 18.7. The summed E-state index contributed by atoms with van der Waals surface area (Å²) in [7, 11) is -4.13. The van der Waals surface area contributed by atoms with E-state index in [0.717, 1.165) is 12.8 Å². The molecule has 0 bridgehead atoms. The Bertz CT molecular complexity index is 1050. The van der Waals surface area contributed by atoms with Crippen molar-refractivity contribution in [1.29, 1.82) is 0 Å². The number of rotatable bonds is 8. The highest BCUT2D eigenvalue weighted by Crippen LogP contribution is 2.35. The topological polar surface area (TPSA) is 135 Å². The van der Waals surface area contributed by atoms with Crippen LogP contribution < -0.4 is 10.8 Å². The summed E-state index contributed by atoms with van der Waals surface area (Å²) in [5.74, 6) is -1.12. The van der Waals surface area contributed by atoms with Gasteiger partial charge in [-0.1, -0.05) is 25.5 Å². The summed E-state index contributed by atoms with van der Waals surface area (Å²) in [6, 6.07) is 9.80. The van der Waals surface area contributed by atoms with Gasteiger partial charge in [0.25, 0.3) is 11.8 Å². The van der Waals surface area contributed by atoms with E-state index in [-0.39, 0.29) is 36.9 Å². The summed E-state index contributed by atoms with van der Waals surface area (Å²) >= 11 is 0. The summed E-state index contributed by atoms with van der Waals surface area (Å²) in [5, 5.41) is 12.0. The first kappa shape index (κ1) is 23.8. The maximum atomic E-state index is 13.3. The first-order valence-corrected chi connectivity index (χ1v) is 12.0. The Morgan fingerprint density at radius 2 is 1.81 bits per heavy atom. The minimum atomic E-state index is -4.13. The van der Waals surface area contributed by atoms with Crippen LogP contribution in [0.4, 0.5) is 0 Å². The monoisotopic (exact) mass is 461 g/mol. The molecule has 10 heteroatoms. The Morgan fingerprint density at radius 1 is 1.12 bits per heavy atom. The molecule has 2 amide bonds. The van der Waals surface area contributed by atoms with Gasteiger partial charge in [0.15, 0.2) is 14.6 Å². The predicted octanol–water partition coefficient (Wildman–Crippen LogP) is 2.11. The first-order valence-electron chi connectivity index (χ1n) is 10.5. The van der Waals surface area contributed by atoms with E-state index in [9.17, 15) is 18.0 Å². The number of nitrogens with zero attached hydrogens (tertiary/aromatic N) is 1. The molecule has 3 N–H and O–H groups in total. The highest BCUT2D eigenvalue weighted by atomic mass is 32.2. The molecule has 0 radical (unpaired) electrons. The van der Waals surface area contributed by atoms with Gasteiger partial charge >= 0.3 is 0 Å². The molecule has 0 unspecified atom stereocenters. The van der Waals surface area contributed by atoms with Crippen LogP contribution in [0.25, 0.3) is 11.3 Å². The SMILES string of the molecule is CCCCNC(=O)c1ccc(-c2ccc(S(=O)(=O)C3(C(=O)NO)CCOCC3)cn2)cc1. The van der Waals surface area contributed by atoms with Gasteiger partial charge in [-0.05, 0) is 43.5 Å². The van der Waals surface area contributed by atoms with Gasteiger partial charge in [0.05, 0.1) is 10.6 Å². The number of amides is 2. The summed E-state index contributed by atoms with van der Waals surface area (Å²) < 4.78 is 29.9. The lowest BCUT2D eigenvalue weighted by molar-refractivity contribution is -0.134. The number of unbranched alkanes of at least 4 members (excludes halogenated alkanes) is 1. The molecule has 0 saturated carbocycles. The largest absolute Gasteiger partial charge is 0.381 e. The van der Waals surface area contributed by atoms with Gasteiger partial charge in [-0.25, -0.2) is 13.9 Å². The quantitative estimate of drug-likeness (QED) is 0.311. The zero-order chi connectivity index (χ0) is 23.2. The minimum Gasteiger partial charge on any atom is -0.381 e. The van der Waals surface area contributed by atoms with Crippen LogP contribution in [0.1, 0.15) is 43.0 Å². The molecule has 0 atom stereocenters. The molecule has 32 heavy (non-hydrogen) atoms. The lowest BCUT2D eigenvalue weighted by Crippen LogP contribution is -2.54. The molecular formula is C22H27N3O6S. The van der Waals surface area contributed by atoms with Crippen molar-refractivity contribution in [3.8, 4) is 11.3 Å². The fourth-order valence-corrected chi connectivity index (χ4v) is 5.51. The standard InChI is InChI=1S/C22H27N3O6S/c1-2-3-12-23-20(26)17-6-4-16(5-7-17)19-9-8-18(15-24-19)32(29,30)22(21(27)25-28)10-13-31-14-11-22/h4-9,15,28H,2-3,10-14H2,1H3,(H,23,26)(H,25,27). The lowest BCUT2D eigenvalue weighted by atomic mass is 9.98. The van der Waals surface area contributed by atoms with Crippen molar-refractivity contribution in [2.75, 3.05) is 19.8 Å². The molecule has 2 aromatic rings. The van der Waals surface area contributed by atoms with Crippen LogP contribution in [0.5, 0.6) is 0 Å². The fourth-order valence-electron chi connectivity index (χ4n) is 3.63. The van der Waals surface area contributed by atoms with Crippen molar-refractivity contribution < 1.29 is 28.0 Å². The maximum absolute atomic E-state index is 13.3. The normalized spacial score (nSPS) is 15.7. The van der Waals surface area contributed by atoms with Crippen molar-refractivity contribution >= 4 is 21.7 Å². The molecule has 172 valence electrons. The highest BCUT2D eigenvalue weighted by molar-refractivity contribution is 7.93. The second-order valence-electron chi connectivity index (χ2n) is 7.62. The summed E-state index contributed by atoms with van der Waals surface area (Å²) in [4.78, 5) is 28.6. The van der Waals surface area contributed by atoms with Crippen LogP contribution in [0.15, 0.2) is 47.5 Å². The predicted molar refractivity (Wildman–Crippen MR) is 117 cm³/mol. The average molecular weight is 462 g/mol. The average Bonchev–Trinajstić information content (AvgIpc) is 2.84. The third-order valence-corrected chi connectivity index (χ3v) is 8.12. The number of carbonyl (C=O) groups is 2. The number of hydroxylamine groups is 1. The van der Waals surface area contributed by atoms with Crippen molar-refractivity contribution in [2.45, 2.75) is 42.2 Å². The molecule has 2 heterocycles. The van der Waals surface area contributed by atoms with E-state index < -0.39 is 20.5 Å². The molecule has 0 aliphatic carbocycles. The van der Waals surface area contributed by atoms with Gasteiger partial charge in [0.1, 0.15) is 0 Å². The number of hydrogen-bond donors (Lipinski definition) is 3. The van der Waals surface area contributed by atoms with E-state index in [1.54, 1.807) is 30.3 Å². The zero-order valence-electron chi connectivity index (χ0n) is 17.8. The van der Waals surface area contributed by atoms with Gasteiger partial charge in [-0.15, -0.1) is 0 Å². The van der Waals surface area contributed by atoms with Crippen LogP contribution in [0.2, 0.25) is 0 Å². The van der Waals surface area contributed by atoms with E-state index in [4.69, 9.17) is 9.94 Å². The number of hydrogen-bond acceptors (Lipinski definition) is 7. The van der Waals surface area contributed by atoms with E-state index in [1.165, 1.54) is 17.7 Å². The van der Waals surface area contributed by atoms with E-state index in [0.29, 0.717) is 23.4 Å². The third-order valence-electron chi connectivity index (χ3n) is 5.64. The fraction of sp³-hybridized carbons (Fsp3) is 0.409. The number of pyridine rings is 1. The van der Waals surface area contributed by atoms with Crippen molar-refractivity contribution in [3.63, 3.8) is 0 Å². The molecule has 1 aromatic heterocycles. The molecule has 3 rings (SSSR count). The van der Waals surface area contributed by atoms with E-state index >= 15 is 0 Å². The number of benzene rings is 1. The Kier molecular flexibility index (Phi) is 7.60. The first-order chi connectivity index (χ1) is 15.4. The smallest absolute Gasteiger partial charge is 0.265 e. The van der Waals surface area contributed by atoms with Gasteiger partial charge in [0.2, 0.25) is 0 Å². The second-order valence-corrected chi connectivity index (χ2v) is 9.88. The summed E-state index contributed by atoms with van der Waals surface area (Å²) in [6.45, 7) is 2.86. The van der Waals surface area contributed by atoms with Crippen molar-refractivity contribution in [1.82, 2.24) is 15.8 Å². The van der Waals surface area contributed by atoms with Gasteiger partial charge in [-0.2, -0.15) is 0 Å². The number of aromatic nitrogens is 1. The Balaban J connectivity index is 1.81. The molecule has 1 aliphatic heterocycles. The molecule has 1 aliphatic rings. The molecule has 0 spiro atoms. The third kappa shape index (κ3) is 4.67. The number of nitrogens with one attached hydrogen (secondary N) is 2. The van der Waals surface area contributed by atoms with Gasteiger partial charge < -0.3 is 10.1 Å². The highest BCUT2D eigenvalue weighted by Gasteiger charge is 2.52. The maximum Gasteiger partial charge on any atom is 0.265 e. The second kappa shape index (κ2) is 10.2. The number of ether oxygens (including phenoxy) is 1. The molecular weight excluding hydrogens is 434 g/mol. The number of carbonyl (C=O) groups excluding carboxylic acids is 2. The van der Waals surface area contributed by atoms with E-state index in [1.807, 2.05) is 0 Å². The number of sulfone groups is 1. The van der Waals surface area contributed by atoms with Crippen molar-refractivity contribution in [3.05, 3.63) is 48.2 Å². The minimum absolute atomic E-state index is 0.0642. The summed E-state index contributed by atoms with van der Waals surface area (Å²) in [6.07, 6.45) is 2.99. The van der Waals surface area contributed by atoms with Crippen LogP contribution in [-0.4, -0.2) is 54.9 Å². The summed E-state index contributed by atoms with van der Waals surface area (Å²) in [5.41, 5.74) is 3.26. The van der Waals surface area contributed by atoms with Crippen LogP contribution >= 0.6 is 0 Å². The molecule has 1 saturated heterocycles. The molecule has 9 nitrogen and oxygen atoms in total. The lowest BCUT2D eigenvalue weighted by Gasteiger charge is -2.34. The van der Waals surface area contributed by atoms with Gasteiger partial charge in [0, 0.05) is 37.1 Å².